The SMILES string of the molecule is O=C(O)C(=O)O.O=C(c1ccc(F)nc1)C1CCN(C2Cc3ccccc3CC2O)CC1. The number of fused-ring (bicyclic) bond motifs is 1. The summed E-state index contributed by atoms with van der Waals surface area (Å²) >= 11 is 0. The highest BCUT2D eigenvalue weighted by molar-refractivity contribution is 6.27. The molecule has 4 rings (SSSR count). The highest BCUT2D eigenvalue weighted by atomic mass is 19.1. The summed E-state index contributed by atoms with van der Waals surface area (Å²) in [5, 5.41) is 25.4. The number of carbonyl (C=O) groups excluding carboxylic acids is 1. The van der Waals surface area contributed by atoms with Crippen LogP contribution in [0.3, 0.4) is 0 Å². The molecule has 9 heteroatoms. The van der Waals surface area contributed by atoms with Gasteiger partial charge in [0.05, 0.1) is 6.10 Å². The summed E-state index contributed by atoms with van der Waals surface area (Å²) in [6.45, 7) is 1.60. The fourth-order valence-electron chi connectivity index (χ4n) is 4.30. The molecule has 1 aliphatic carbocycles. The summed E-state index contributed by atoms with van der Waals surface area (Å²) in [6.07, 6.45) is 4.05. The summed E-state index contributed by atoms with van der Waals surface area (Å²) in [5.74, 6) is -4.22. The molecule has 2 unspecified atom stereocenters. The molecule has 1 fully saturated rings. The van der Waals surface area contributed by atoms with Gasteiger partial charge in [0.2, 0.25) is 5.95 Å². The van der Waals surface area contributed by atoms with E-state index in [1.54, 1.807) is 0 Å². The molecule has 1 aliphatic heterocycles. The van der Waals surface area contributed by atoms with Crippen LogP contribution in [0.25, 0.3) is 0 Å². The van der Waals surface area contributed by atoms with E-state index < -0.39 is 17.9 Å². The monoisotopic (exact) mass is 444 g/mol. The Bertz CT molecular complexity index is 961. The minimum absolute atomic E-state index is 0.0479. The van der Waals surface area contributed by atoms with Gasteiger partial charge in [-0.15, -0.1) is 0 Å². The van der Waals surface area contributed by atoms with Crippen LogP contribution in [0.4, 0.5) is 4.39 Å². The number of likely N-dealkylation sites (tertiary alicyclic amines) is 1. The molecule has 3 N–H and O–H groups in total. The molecule has 1 aromatic carbocycles. The molecule has 0 radical (unpaired) electrons. The molecule has 2 aromatic rings. The zero-order valence-electron chi connectivity index (χ0n) is 17.4. The van der Waals surface area contributed by atoms with E-state index in [1.807, 2.05) is 6.07 Å². The van der Waals surface area contributed by atoms with Crippen molar-refractivity contribution in [3.63, 3.8) is 0 Å². The molecule has 2 atom stereocenters. The summed E-state index contributed by atoms with van der Waals surface area (Å²) < 4.78 is 12.9. The number of aliphatic hydroxyl groups excluding tert-OH is 1. The largest absolute Gasteiger partial charge is 0.473 e. The summed E-state index contributed by atoms with van der Waals surface area (Å²) in [4.78, 5) is 36.7. The predicted molar refractivity (Wildman–Crippen MR) is 112 cm³/mol. The number of benzene rings is 1. The lowest BCUT2D eigenvalue weighted by molar-refractivity contribution is -0.159. The quantitative estimate of drug-likeness (QED) is 0.371. The molecule has 0 saturated carbocycles. The van der Waals surface area contributed by atoms with Crippen molar-refractivity contribution in [3.8, 4) is 0 Å². The molecule has 0 amide bonds. The molecular formula is C23H25FN2O6. The number of carboxylic acid groups (broad SMARTS) is 2. The third kappa shape index (κ3) is 5.74. The summed E-state index contributed by atoms with van der Waals surface area (Å²) in [5.41, 5.74) is 3.04. The number of aromatic nitrogens is 1. The summed E-state index contributed by atoms with van der Waals surface area (Å²) in [7, 11) is 0. The smallest absolute Gasteiger partial charge is 0.414 e. The second-order valence-corrected chi connectivity index (χ2v) is 7.97. The predicted octanol–water partition coefficient (Wildman–Crippen LogP) is 1.80. The number of rotatable bonds is 3. The van der Waals surface area contributed by atoms with Crippen molar-refractivity contribution in [2.24, 2.45) is 5.92 Å². The maximum Gasteiger partial charge on any atom is 0.414 e. The second kappa shape index (κ2) is 10.4. The third-order valence-electron chi connectivity index (χ3n) is 5.98. The number of hydrogen-bond acceptors (Lipinski definition) is 6. The number of pyridine rings is 1. The molecule has 170 valence electrons. The molecular weight excluding hydrogens is 419 g/mol. The first kappa shape index (κ1) is 23.5. The Kier molecular flexibility index (Phi) is 7.66. The van der Waals surface area contributed by atoms with Gasteiger partial charge in [0.1, 0.15) is 0 Å². The van der Waals surface area contributed by atoms with Gasteiger partial charge in [-0.1, -0.05) is 24.3 Å². The number of hydrogen-bond donors (Lipinski definition) is 3. The van der Waals surface area contributed by atoms with Crippen molar-refractivity contribution >= 4 is 17.7 Å². The number of piperidine rings is 1. The van der Waals surface area contributed by atoms with Crippen LogP contribution in [0.5, 0.6) is 0 Å². The van der Waals surface area contributed by atoms with Gasteiger partial charge >= 0.3 is 11.9 Å². The summed E-state index contributed by atoms with van der Waals surface area (Å²) in [6, 6.07) is 11.2. The average molecular weight is 444 g/mol. The number of halogens is 1. The zero-order chi connectivity index (χ0) is 23.3. The van der Waals surface area contributed by atoms with Gasteiger partial charge in [0.15, 0.2) is 5.78 Å². The number of nitrogens with zero attached hydrogens (tertiary/aromatic N) is 2. The van der Waals surface area contributed by atoms with Crippen LogP contribution in [0.2, 0.25) is 0 Å². The van der Waals surface area contributed by atoms with Gasteiger partial charge in [-0.05, 0) is 55.6 Å². The van der Waals surface area contributed by atoms with Gasteiger partial charge in [0, 0.05) is 30.1 Å². The molecule has 32 heavy (non-hydrogen) atoms. The molecule has 1 aromatic heterocycles. The van der Waals surface area contributed by atoms with Crippen LogP contribution < -0.4 is 0 Å². The van der Waals surface area contributed by atoms with Gasteiger partial charge in [-0.2, -0.15) is 4.39 Å². The molecule has 0 bridgehead atoms. The van der Waals surface area contributed by atoms with E-state index in [1.165, 1.54) is 29.5 Å². The number of carboxylic acids is 2. The number of aliphatic carboxylic acids is 2. The van der Waals surface area contributed by atoms with E-state index in [0.29, 0.717) is 12.0 Å². The van der Waals surface area contributed by atoms with E-state index in [2.05, 4.69) is 28.1 Å². The third-order valence-corrected chi connectivity index (χ3v) is 5.98. The Morgan fingerprint density at radius 1 is 0.938 bits per heavy atom. The Labute approximate surface area is 184 Å². The lowest BCUT2D eigenvalue weighted by Gasteiger charge is -2.41. The lowest BCUT2D eigenvalue weighted by Crippen LogP contribution is -2.51. The van der Waals surface area contributed by atoms with Crippen molar-refractivity contribution in [1.29, 1.82) is 0 Å². The van der Waals surface area contributed by atoms with Crippen molar-refractivity contribution in [2.75, 3.05) is 13.1 Å². The standard InChI is InChI=1S/C21H23FN2O2.C2H2O4/c22-20-6-5-17(13-23-20)21(26)14-7-9-24(10-8-14)18-11-15-3-1-2-4-16(15)12-19(18)25;3-1(4)2(5)6/h1-6,13-14,18-19,25H,7-12H2;(H,3,4)(H,5,6). The van der Waals surface area contributed by atoms with Crippen LogP contribution in [-0.4, -0.2) is 68.2 Å². The average Bonchev–Trinajstić information content (AvgIpc) is 2.79. The van der Waals surface area contributed by atoms with Gasteiger partial charge < -0.3 is 15.3 Å². The van der Waals surface area contributed by atoms with Gasteiger partial charge in [-0.3, -0.25) is 9.69 Å². The lowest BCUT2D eigenvalue weighted by atomic mass is 9.83. The zero-order valence-corrected chi connectivity index (χ0v) is 17.4. The van der Waals surface area contributed by atoms with Crippen molar-refractivity contribution in [3.05, 3.63) is 65.2 Å². The van der Waals surface area contributed by atoms with E-state index in [4.69, 9.17) is 19.8 Å². The van der Waals surface area contributed by atoms with E-state index in [9.17, 15) is 14.3 Å². The first-order valence-corrected chi connectivity index (χ1v) is 10.4. The molecule has 1 saturated heterocycles. The molecule has 2 aliphatic rings. The van der Waals surface area contributed by atoms with Crippen molar-refractivity contribution in [2.45, 2.75) is 37.8 Å². The Morgan fingerprint density at radius 2 is 1.53 bits per heavy atom. The van der Waals surface area contributed by atoms with Crippen LogP contribution in [0.15, 0.2) is 42.6 Å². The van der Waals surface area contributed by atoms with Gasteiger partial charge in [-0.25, -0.2) is 14.6 Å². The normalized spacial score (nSPS) is 21.1. The molecule has 0 spiro atoms. The fourth-order valence-corrected chi connectivity index (χ4v) is 4.30. The van der Waals surface area contributed by atoms with Crippen LogP contribution in [0.1, 0.15) is 34.3 Å². The Balaban J connectivity index is 0.000000427. The first-order valence-electron chi connectivity index (χ1n) is 10.4. The number of ketones is 1. The first-order chi connectivity index (χ1) is 15.3. The minimum atomic E-state index is -1.82. The van der Waals surface area contributed by atoms with E-state index >= 15 is 0 Å². The maximum absolute atomic E-state index is 12.9. The van der Waals surface area contributed by atoms with Crippen molar-refractivity contribution in [1.82, 2.24) is 9.88 Å². The number of aliphatic hydroxyl groups is 1. The number of carbonyl (C=O) groups is 3. The fraction of sp³-hybridized carbons (Fsp3) is 0.391. The molecule has 2 heterocycles. The van der Waals surface area contributed by atoms with Crippen LogP contribution in [0, 0.1) is 11.9 Å². The van der Waals surface area contributed by atoms with Crippen molar-refractivity contribution < 1.29 is 34.1 Å². The second-order valence-electron chi connectivity index (χ2n) is 7.97. The highest BCUT2D eigenvalue weighted by Crippen LogP contribution is 2.29. The highest BCUT2D eigenvalue weighted by Gasteiger charge is 2.35. The number of Topliss-reactive ketones (excluding diaryl/α,β-unsaturated/α-hetero) is 1. The Hall–Kier alpha value is -3.17. The van der Waals surface area contributed by atoms with Gasteiger partial charge in [0.25, 0.3) is 0 Å². The molecule has 8 nitrogen and oxygen atoms in total. The Morgan fingerprint density at radius 3 is 2.06 bits per heavy atom. The van der Waals surface area contributed by atoms with Crippen LogP contribution in [-0.2, 0) is 22.4 Å². The van der Waals surface area contributed by atoms with Crippen LogP contribution >= 0.6 is 0 Å². The topological polar surface area (TPSA) is 128 Å². The minimum Gasteiger partial charge on any atom is -0.473 e. The van der Waals surface area contributed by atoms with E-state index in [-0.39, 0.29) is 23.8 Å². The maximum atomic E-state index is 12.9. The van der Waals surface area contributed by atoms with E-state index in [0.717, 1.165) is 32.4 Å².